The lowest BCUT2D eigenvalue weighted by Crippen LogP contribution is -2.48. The zero-order chi connectivity index (χ0) is 9.71. The average Bonchev–Trinajstić information content (AvgIpc) is 2.21. The first-order valence-electron chi connectivity index (χ1n) is 5.62. The Morgan fingerprint density at radius 3 is 2.57 bits per heavy atom. The highest BCUT2D eigenvalue weighted by Gasteiger charge is 2.44. The maximum absolute atomic E-state index is 6.05. The van der Waals surface area contributed by atoms with E-state index in [2.05, 4.69) is 31.2 Å². The molecule has 0 amide bonds. The molecule has 1 aromatic rings. The molecule has 4 unspecified atom stereocenters. The van der Waals surface area contributed by atoms with Crippen molar-refractivity contribution >= 4 is 0 Å². The van der Waals surface area contributed by atoms with Gasteiger partial charge in [0.15, 0.2) is 0 Å². The minimum atomic E-state index is 0.468. The van der Waals surface area contributed by atoms with Crippen LogP contribution in [0.1, 0.15) is 42.7 Å². The van der Waals surface area contributed by atoms with Crippen molar-refractivity contribution in [2.24, 2.45) is 11.7 Å². The maximum Gasteiger partial charge on any atom is 0.00791 e. The molecule has 0 saturated heterocycles. The number of hydrogen-bond acceptors (Lipinski definition) is 1. The third-order valence-corrected chi connectivity index (χ3v) is 4.14. The molecule has 2 N–H and O–H groups in total. The minimum absolute atomic E-state index is 0.468. The Kier molecular flexibility index (Phi) is 1.72. The van der Waals surface area contributed by atoms with Crippen LogP contribution in [-0.2, 0) is 0 Å². The van der Waals surface area contributed by atoms with Crippen molar-refractivity contribution in [1.82, 2.24) is 0 Å². The molecule has 1 fully saturated rings. The lowest BCUT2D eigenvalue weighted by atomic mass is 9.58. The Hall–Kier alpha value is -0.820. The van der Waals surface area contributed by atoms with Crippen LogP contribution in [0, 0.1) is 5.92 Å². The molecular weight excluding hydrogens is 170 g/mol. The zero-order valence-electron chi connectivity index (χ0n) is 8.61. The van der Waals surface area contributed by atoms with Gasteiger partial charge in [0, 0.05) is 6.04 Å². The summed E-state index contributed by atoms with van der Waals surface area (Å²) in [6.07, 6.45) is 2.50. The van der Waals surface area contributed by atoms with Crippen LogP contribution in [0.15, 0.2) is 24.3 Å². The second-order valence-corrected chi connectivity index (χ2v) is 4.94. The van der Waals surface area contributed by atoms with Crippen LogP contribution < -0.4 is 5.73 Å². The maximum atomic E-state index is 6.05. The molecule has 0 aromatic heterocycles. The van der Waals surface area contributed by atoms with Gasteiger partial charge in [-0.25, -0.2) is 0 Å². The third kappa shape index (κ3) is 0.992. The Balaban J connectivity index is 2.05. The molecule has 0 radical (unpaired) electrons. The number of fused-ring (bicyclic) bond motifs is 3. The molecule has 0 bridgehead atoms. The zero-order valence-corrected chi connectivity index (χ0v) is 8.61. The van der Waals surface area contributed by atoms with Gasteiger partial charge >= 0.3 is 0 Å². The van der Waals surface area contributed by atoms with Gasteiger partial charge in [0.1, 0.15) is 0 Å². The molecule has 0 heterocycles. The molecule has 2 aliphatic rings. The van der Waals surface area contributed by atoms with E-state index in [1.807, 2.05) is 0 Å². The third-order valence-electron chi connectivity index (χ3n) is 4.14. The first kappa shape index (κ1) is 8.49. The SMILES string of the molecule is CC1CC2C(N)CC2c2ccccc21. The van der Waals surface area contributed by atoms with Crippen LogP contribution in [0.5, 0.6) is 0 Å². The topological polar surface area (TPSA) is 26.0 Å². The summed E-state index contributed by atoms with van der Waals surface area (Å²) >= 11 is 0. The summed E-state index contributed by atoms with van der Waals surface area (Å²) in [5.41, 5.74) is 9.20. The summed E-state index contributed by atoms with van der Waals surface area (Å²) in [6.45, 7) is 2.33. The first-order chi connectivity index (χ1) is 6.77. The van der Waals surface area contributed by atoms with Crippen LogP contribution >= 0.6 is 0 Å². The Morgan fingerprint density at radius 2 is 1.86 bits per heavy atom. The lowest BCUT2D eigenvalue weighted by Gasteiger charge is -2.49. The van der Waals surface area contributed by atoms with Crippen LogP contribution in [0.2, 0.25) is 0 Å². The highest BCUT2D eigenvalue weighted by Crippen LogP contribution is 2.52. The molecular formula is C13H17N. The van der Waals surface area contributed by atoms with E-state index in [1.165, 1.54) is 12.8 Å². The van der Waals surface area contributed by atoms with Gasteiger partial charge in [0.2, 0.25) is 0 Å². The molecule has 1 heteroatoms. The highest BCUT2D eigenvalue weighted by molar-refractivity contribution is 5.38. The van der Waals surface area contributed by atoms with Gasteiger partial charge in [-0.3, -0.25) is 0 Å². The van der Waals surface area contributed by atoms with Gasteiger partial charge in [-0.2, -0.15) is 0 Å². The van der Waals surface area contributed by atoms with Gasteiger partial charge < -0.3 is 5.73 Å². The predicted octanol–water partition coefficient (Wildman–Crippen LogP) is 2.62. The second-order valence-electron chi connectivity index (χ2n) is 4.94. The van der Waals surface area contributed by atoms with Crippen LogP contribution in [0.25, 0.3) is 0 Å². The monoisotopic (exact) mass is 187 g/mol. The van der Waals surface area contributed by atoms with E-state index in [9.17, 15) is 0 Å². The van der Waals surface area contributed by atoms with Gasteiger partial charge in [-0.1, -0.05) is 31.2 Å². The van der Waals surface area contributed by atoms with Crippen molar-refractivity contribution in [3.8, 4) is 0 Å². The van der Waals surface area contributed by atoms with Crippen LogP contribution in [0.3, 0.4) is 0 Å². The minimum Gasteiger partial charge on any atom is -0.327 e. The van der Waals surface area contributed by atoms with E-state index >= 15 is 0 Å². The summed E-state index contributed by atoms with van der Waals surface area (Å²) in [5, 5.41) is 0. The largest absolute Gasteiger partial charge is 0.327 e. The van der Waals surface area contributed by atoms with Crippen molar-refractivity contribution in [2.45, 2.75) is 37.6 Å². The van der Waals surface area contributed by atoms with E-state index < -0.39 is 0 Å². The Bertz CT molecular complexity index is 358. The van der Waals surface area contributed by atoms with Crippen LogP contribution in [-0.4, -0.2) is 6.04 Å². The average molecular weight is 187 g/mol. The summed E-state index contributed by atoms with van der Waals surface area (Å²) in [7, 11) is 0. The summed E-state index contributed by atoms with van der Waals surface area (Å²) in [5.74, 6) is 2.25. The molecule has 1 aromatic carbocycles. The summed E-state index contributed by atoms with van der Waals surface area (Å²) in [4.78, 5) is 0. The summed E-state index contributed by atoms with van der Waals surface area (Å²) < 4.78 is 0. The van der Waals surface area contributed by atoms with Crippen molar-refractivity contribution < 1.29 is 0 Å². The van der Waals surface area contributed by atoms with Crippen molar-refractivity contribution in [1.29, 1.82) is 0 Å². The molecule has 14 heavy (non-hydrogen) atoms. The Morgan fingerprint density at radius 1 is 1.14 bits per heavy atom. The smallest absolute Gasteiger partial charge is 0.00791 e. The number of benzene rings is 1. The van der Waals surface area contributed by atoms with E-state index in [0.29, 0.717) is 12.0 Å². The van der Waals surface area contributed by atoms with E-state index in [1.54, 1.807) is 11.1 Å². The molecule has 0 aliphatic heterocycles. The van der Waals surface area contributed by atoms with E-state index in [0.717, 1.165) is 11.8 Å². The fraction of sp³-hybridized carbons (Fsp3) is 0.538. The molecule has 2 aliphatic carbocycles. The van der Waals surface area contributed by atoms with Gasteiger partial charge in [0.05, 0.1) is 0 Å². The second kappa shape index (κ2) is 2.83. The van der Waals surface area contributed by atoms with Gasteiger partial charge in [-0.05, 0) is 41.7 Å². The number of nitrogens with two attached hydrogens (primary N) is 1. The number of hydrogen-bond donors (Lipinski definition) is 1. The highest BCUT2D eigenvalue weighted by atomic mass is 14.7. The molecule has 3 rings (SSSR count). The number of rotatable bonds is 0. The van der Waals surface area contributed by atoms with E-state index in [4.69, 9.17) is 5.73 Å². The van der Waals surface area contributed by atoms with Crippen molar-refractivity contribution in [3.05, 3.63) is 35.4 Å². The van der Waals surface area contributed by atoms with Gasteiger partial charge in [0.25, 0.3) is 0 Å². The standard InChI is InChI=1S/C13H17N/c1-8-6-12-11(7-13(12)14)10-5-3-2-4-9(8)10/h2-5,8,11-13H,6-7,14H2,1H3. The molecule has 74 valence electrons. The first-order valence-corrected chi connectivity index (χ1v) is 5.62. The molecule has 1 nitrogen and oxygen atoms in total. The molecule has 1 saturated carbocycles. The van der Waals surface area contributed by atoms with Crippen LogP contribution in [0.4, 0.5) is 0 Å². The lowest BCUT2D eigenvalue weighted by molar-refractivity contribution is 0.166. The normalized spacial score (nSPS) is 39.6. The van der Waals surface area contributed by atoms with Crippen molar-refractivity contribution in [2.75, 3.05) is 0 Å². The van der Waals surface area contributed by atoms with Gasteiger partial charge in [-0.15, -0.1) is 0 Å². The summed E-state index contributed by atoms with van der Waals surface area (Å²) in [6, 6.07) is 9.39. The molecule has 0 spiro atoms. The quantitative estimate of drug-likeness (QED) is 0.664. The Labute approximate surface area is 85.3 Å². The fourth-order valence-corrected chi connectivity index (χ4v) is 3.27. The molecule has 4 atom stereocenters. The van der Waals surface area contributed by atoms with E-state index in [-0.39, 0.29) is 0 Å². The fourth-order valence-electron chi connectivity index (χ4n) is 3.27. The predicted molar refractivity (Wildman–Crippen MR) is 58.3 cm³/mol. The van der Waals surface area contributed by atoms with Crippen molar-refractivity contribution in [3.63, 3.8) is 0 Å².